The predicted octanol–water partition coefficient (Wildman–Crippen LogP) is -0.379. The van der Waals surface area contributed by atoms with Crippen LogP contribution in [0.3, 0.4) is 0 Å². The fourth-order valence-corrected chi connectivity index (χ4v) is 0.556. The quantitative estimate of drug-likeness (QED) is 0.299. The minimum atomic E-state index is -2.18. The molecule has 0 aliphatic rings. The Kier molecular flexibility index (Phi) is 3.30. The van der Waals surface area contributed by atoms with Gasteiger partial charge >= 0.3 is 0 Å². The maximum absolute atomic E-state index is 9.75. The van der Waals surface area contributed by atoms with Gasteiger partial charge in [0, 0.05) is 5.75 Å². The highest BCUT2D eigenvalue weighted by atomic mass is 32.2. The first kappa shape index (κ1) is 7.52. The number of hydrogen-bond acceptors (Lipinski definition) is 3. The minimum absolute atomic E-state index is 0.0818. The molecular formula is C4H5O3S-. The topological polar surface area (TPSA) is 57.2 Å². The monoisotopic (exact) mass is 133 g/mol. The molecule has 0 aromatic carbocycles. The van der Waals surface area contributed by atoms with E-state index in [1.807, 2.05) is 0 Å². The molecule has 0 aromatic rings. The third kappa shape index (κ3) is 3.70. The van der Waals surface area contributed by atoms with E-state index >= 15 is 0 Å². The highest BCUT2D eigenvalue weighted by Crippen LogP contribution is 1.84. The van der Waals surface area contributed by atoms with Crippen LogP contribution in [0.5, 0.6) is 0 Å². The summed E-state index contributed by atoms with van der Waals surface area (Å²) in [6, 6.07) is 0. The summed E-state index contributed by atoms with van der Waals surface area (Å²) >= 11 is -2.18. The second-order valence-electron chi connectivity index (χ2n) is 1.22. The van der Waals surface area contributed by atoms with E-state index in [-0.39, 0.29) is 11.3 Å². The van der Waals surface area contributed by atoms with Crippen LogP contribution in [-0.4, -0.2) is 20.8 Å². The van der Waals surface area contributed by atoms with Crippen molar-refractivity contribution in [2.24, 2.45) is 0 Å². The van der Waals surface area contributed by atoms with Gasteiger partial charge in [0.05, 0.1) is 0 Å². The molecule has 46 valence electrons. The van der Waals surface area contributed by atoms with Crippen molar-refractivity contribution < 1.29 is 13.6 Å². The Balaban J connectivity index is 3.55. The van der Waals surface area contributed by atoms with Gasteiger partial charge in [-0.25, -0.2) is 0 Å². The number of rotatable bonds is 3. The molecule has 0 saturated heterocycles. The summed E-state index contributed by atoms with van der Waals surface area (Å²) in [6.07, 6.45) is 0.426. The molecule has 0 aliphatic carbocycles. The first-order valence-electron chi connectivity index (χ1n) is 1.85. The lowest BCUT2D eigenvalue weighted by molar-refractivity contribution is -0.104. The van der Waals surface area contributed by atoms with Crippen LogP contribution < -0.4 is 0 Å². The van der Waals surface area contributed by atoms with Gasteiger partial charge in [-0.1, -0.05) is 17.7 Å². The number of hydrogen-bond donors (Lipinski definition) is 0. The Morgan fingerprint density at radius 1 is 1.88 bits per heavy atom. The lowest BCUT2D eigenvalue weighted by atomic mass is 10.4. The minimum Gasteiger partial charge on any atom is -0.772 e. The number of carbonyl (C=O) groups excluding carboxylic acids is 1. The molecule has 0 bridgehead atoms. The smallest absolute Gasteiger partial charge is 0.146 e. The summed E-state index contributed by atoms with van der Waals surface area (Å²) in [5, 5.41) is 0. The third-order valence-electron chi connectivity index (χ3n) is 0.470. The normalized spacial score (nSPS) is 12.6. The predicted molar refractivity (Wildman–Crippen MR) is 29.0 cm³/mol. The van der Waals surface area contributed by atoms with Crippen molar-refractivity contribution in [3.63, 3.8) is 0 Å². The maximum Gasteiger partial charge on any atom is 0.146 e. The van der Waals surface area contributed by atoms with Crippen LogP contribution in [0.2, 0.25) is 0 Å². The lowest BCUT2D eigenvalue weighted by Gasteiger charge is -2.00. The average molecular weight is 133 g/mol. The van der Waals surface area contributed by atoms with Crippen LogP contribution in [0.25, 0.3) is 0 Å². The van der Waals surface area contributed by atoms with Crippen molar-refractivity contribution in [1.82, 2.24) is 0 Å². The molecule has 0 amide bonds. The summed E-state index contributed by atoms with van der Waals surface area (Å²) in [4.78, 5) is 9.67. The standard InChI is InChI=1S/C4H6O3S/c1-4(2-5)3-8(6)7/h2H,1,3H2,(H,6,7)/p-1. The molecule has 0 saturated carbocycles. The molecule has 0 aromatic heterocycles. The van der Waals surface area contributed by atoms with E-state index in [1.54, 1.807) is 0 Å². The number of aldehydes is 1. The zero-order valence-electron chi connectivity index (χ0n) is 4.12. The van der Waals surface area contributed by atoms with Crippen LogP contribution in [0.15, 0.2) is 12.2 Å². The van der Waals surface area contributed by atoms with Crippen molar-refractivity contribution in [3.05, 3.63) is 12.2 Å². The molecule has 0 aliphatic heterocycles. The van der Waals surface area contributed by atoms with Crippen LogP contribution in [0, 0.1) is 0 Å². The molecule has 3 nitrogen and oxygen atoms in total. The summed E-state index contributed by atoms with van der Waals surface area (Å²) in [6.45, 7) is 3.15. The Labute approximate surface area is 49.7 Å². The van der Waals surface area contributed by atoms with Crippen molar-refractivity contribution >= 4 is 17.4 Å². The maximum atomic E-state index is 9.75. The van der Waals surface area contributed by atoms with E-state index in [9.17, 15) is 13.6 Å². The Hall–Kier alpha value is -0.480. The highest BCUT2D eigenvalue weighted by molar-refractivity contribution is 7.79. The van der Waals surface area contributed by atoms with E-state index < -0.39 is 11.1 Å². The van der Waals surface area contributed by atoms with Crippen molar-refractivity contribution in [1.29, 1.82) is 0 Å². The Morgan fingerprint density at radius 2 is 2.38 bits per heavy atom. The fraction of sp³-hybridized carbons (Fsp3) is 0.250. The zero-order chi connectivity index (χ0) is 6.57. The molecule has 0 fully saturated rings. The summed E-state index contributed by atoms with van der Waals surface area (Å²) < 4.78 is 19.5. The van der Waals surface area contributed by atoms with Gasteiger partial charge in [0.2, 0.25) is 0 Å². The van der Waals surface area contributed by atoms with Crippen LogP contribution >= 0.6 is 0 Å². The van der Waals surface area contributed by atoms with Gasteiger partial charge in [-0.05, 0) is 5.57 Å². The van der Waals surface area contributed by atoms with E-state index in [2.05, 4.69) is 6.58 Å². The molecule has 4 heteroatoms. The summed E-state index contributed by atoms with van der Waals surface area (Å²) in [7, 11) is 0. The second kappa shape index (κ2) is 3.51. The Morgan fingerprint density at radius 3 is 2.50 bits per heavy atom. The lowest BCUT2D eigenvalue weighted by Crippen LogP contribution is -1.98. The third-order valence-corrected chi connectivity index (χ3v) is 1.08. The van der Waals surface area contributed by atoms with Gasteiger partial charge in [0.15, 0.2) is 0 Å². The van der Waals surface area contributed by atoms with Gasteiger partial charge in [-0.15, -0.1) is 0 Å². The van der Waals surface area contributed by atoms with Crippen molar-refractivity contribution in [3.8, 4) is 0 Å². The second-order valence-corrected chi connectivity index (χ2v) is 2.12. The molecule has 1 unspecified atom stereocenters. The SMILES string of the molecule is C=C(C=O)CS(=O)[O-]. The molecule has 0 N–H and O–H groups in total. The van der Waals surface area contributed by atoms with Crippen LogP contribution in [0.1, 0.15) is 0 Å². The summed E-state index contributed by atoms with van der Waals surface area (Å²) in [5.74, 6) is -0.260. The summed E-state index contributed by atoms with van der Waals surface area (Å²) in [5.41, 5.74) is 0.0818. The molecule has 0 heterocycles. The zero-order valence-corrected chi connectivity index (χ0v) is 4.94. The first-order valence-corrected chi connectivity index (χ1v) is 3.10. The van der Waals surface area contributed by atoms with Crippen molar-refractivity contribution in [2.75, 3.05) is 5.75 Å². The molecular weight excluding hydrogens is 128 g/mol. The molecule has 0 radical (unpaired) electrons. The van der Waals surface area contributed by atoms with Gasteiger partial charge < -0.3 is 4.55 Å². The van der Waals surface area contributed by atoms with E-state index in [4.69, 9.17) is 0 Å². The van der Waals surface area contributed by atoms with Gasteiger partial charge in [0.25, 0.3) is 0 Å². The van der Waals surface area contributed by atoms with Gasteiger partial charge in [-0.3, -0.25) is 9.00 Å². The Bertz CT molecular complexity index is 129. The fourth-order valence-electron chi connectivity index (χ4n) is 0.185. The average Bonchev–Trinajstić information content (AvgIpc) is 1.65. The molecule has 0 spiro atoms. The van der Waals surface area contributed by atoms with Crippen LogP contribution in [-0.2, 0) is 15.9 Å². The van der Waals surface area contributed by atoms with Gasteiger partial charge in [-0.2, -0.15) is 0 Å². The highest BCUT2D eigenvalue weighted by Gasteiger charge is 1.87. The molecule has 8 heavy (non-hydrogen) atoms. The largest absolute Gasteiger partial charge is 0.772 e. The van der Waals surface area contributed by atoms with Crippen molar-refractivity contribution in [2.45, 2.75) is 0 Å². The molecule has 0 rings (SSSR count). The van der Waals surface area contributed by atoms with Crippen LogP contribution in [0.4, 0.5) is 0 Å². The van der Waals surface area contributed by atoms with Gasteiger partial charge in [0.1, 0.15) is 6.29 Å². The number of carbonyl (C=O) groups is 1. The van der Waals surface area contributed by atoms with E-state index in [0.29, 0.717) is 6.29 Å². The van der Waals surface area contributed by atoms with E-state index in [1.165, 1.54) is 0 Å². The molecule has 1 atom stereocenters. The first-order chi connectivity index (χ1) is 3.66. The van der Waals surface area contributed by atoms with E-state index in [0.717, 1.165) is 0 Å².